The Morgan fingerprint density at radius 1 is 1.55 bits per heavy atom. The molecule has 11 heavy (non-hydrogen) atoms. The van der Waals surface area contributed by atoms with Gasteiger partial charge < -0.3 is 0 Å². The smallest absolute Gasteiger partial charge is 0.292 e. The molecule has 0 aromatic rings. The molecule has 0 rings (SSSR count). The molecule has 0 spiro atoms. The molecule has 58 valence electrons. The van der Waals surface area contributed by atoms with Crippen molar-refractivity contribution in [3.05, 3.63) is 10.1 Å². The summed E-state index contributed by atoms with van der Waals surface area (Å²) in [5.74, 6) is -0.285. The van der Waals surface area contributed by atoms with Crippen molar-refractivity contribution in [1.82, 2.24) is 0 Å². The molecule has 0 aliphatic carbocycles. The van der Waals surface area contributed by atoms with Crippen molar-refractivity contribution in [1.29, 1.82) is 0 Å². The van der Waals surface area contributed by atoms with E-state index in [1.807, 2.05) is 0 Å². The third-order valence-corrected chi connectivity index (χ3v) is 1.36. The minimum absolute atomic E-state index is 0. The average Bonchev–Trinajstić information content (AvgIpc) is 1.88. The molecular formula is C6H11KNO3+. The van der Waals surface area contributed by atoms with Crippen molar-refractivity contribution >= 4 is 5.78 Å². The van der Waals surface area contributed by atoms with Crippen LogP contribution in [0.2, 0.25) is 0 Å². The first-order chi connectivity index (χ1) is 4.63. The number of hydrogen-bond acceptors (Lipinski definition) is 3. The Balaban J connectivity index is 0. The fourth-order valence-electron chi connectivity index (χ4n) is 0.730. The summed E-state index contributed by atoms with van der Waals surface area (Å²) < 4.78 is 0. The van der Waals surface area contributed by atoms with E-state index in [0.29, 0.717) is 6.42 Å². The Hall–Kier alpha value is 0.706. The molecule has 0 fully saturated rings. The van der Waals surface area contributed by atoms with Crippen molar-refractivity contribution in [2.45, 2.75) is 32.7 Å². The molecule has 0 radical (unpaired) electrons. The predicted octanol–water partition coefficient (Wildman–Crippen LogP) is -1.98. The van der Waals surface area contributed by atoms with E-state index in [1.54, 1.807) is 13.8 Å². The van der Waals surface area contributed by atoms with Crippen molar-refractivity contribution in [2.24, 2.45) is 0 Å². The monoisotopic (exact) mass is 184 g/mol. The van der Waals surface area contributed by atoms with E-state index in [9.17, 15) is 14.9 Å². The molecule has 5 heteroatoms. The van der Waals surface area contributed by atoms with E-state index >= 15 is 0 Å². The third-order valence-electron chi connectivity index (χ3n) is 1.36. The maximum absolute atomic E-state index is 10.7. The summed E-state index contributed by atoms with van der Waals surface area (Å²) in [5, 5.41) is 10.1. The fourth-order valence-corrected chi connectivity index (χ4v) is 0.730. The van der Waals surface area contributed by atoms with E-state index in [1.165, 1.54) is 0 Å². The molecule has 0 aliphatic rings. The molecule has 0 aromatic heterocycles. The van der Waals surface area contributed by atoms with Crippen LogP contribution in [0.25, 0.3) is 0 Å². The van der Waals surface area contributed by atoms with Gasteiger partial charge >= 0.3 is 51.4 Å². The molecule has 1 unspecified atom stereocenters. The van der Waals surface area contributed by atoms with Crippen LogP contribution in [0.3, 0.4) is 0 Å². The van der Waals surface area contributed by atoms with Crippen LogP contribution >= 0.6 is 0 Å². The number of rotatable bonds is 4. The van der Waals surface area contributed by atoms with E-state index < -0.39 is 11.0 Å². The number of ketones is 1. The predicted molar refractivity (Wildman–Crippen MR) is 36.4 cm³/mol. The van der Waals surface area contributed by atoms with Gasteiger partial charge in [-0.15, -0.1) is 0 Å². The molecule has 0 saturated carbocycles. The average molecular weight is 184 g/mol. The molecule has 0 heterocycles. The number of Topliss-reactive ketones (excluding diaryl/α,β-unsaturated/α-hetero) is 1. The second-order valence-corrected chi connectivity index (χ2v) is 2.03. The second kappa shape index (κ2) is 7.36. The summed E-state index contributed by atoms with van der Waals surface area (Å²) >= 11 is 0. The van der Waals surface area contributed by atoms with Gasteiger partial charge in [0.2, 0.25) is 5.78 Å². The number of hydrogen-bond donors (Lipinski definition) is 0. The largest absolute Gasteiger partial charge is 1.00 e. The molecule has 0 aromatic carbocycles. The van der Waals surface area contributed by atoms with Crippen LogP contribution in [0.15, 0.2) is 0 Å². The zero-order valence-corrected chi connectivity index (χ0v) is 10.3. The summed E-state index contributed by atoms with van der Waals surface area (Å²) in [5.41, 5.74) is 0. The van der Waals surface area contributed by atoms with Gasteiger partial charge in [0, 0.05) is 17.8 Å². The van der Waals surface area contributed by atoms with Gasteiger partial charge in [-0.1, -0.05) is 13.8 Å². The molecule has 1 atom stereocenters. The maximum atomic E-state index is 10.7. The van der Waals surface area contributed by atoms with Crippen molar-refractivity contribution in [3.8, 4) is 0 Å². The van der Waals surface area contributed by atoms with E-state index in [4.69, 9.17) is 0 Å². The molecule has 0 amide bonds. The van der Waals surface area contributed by atoms with Crippen LogP contribution < -0.4 is 51.4 Å². The summed E-state index contributed by atoms with van der Waals surface area (Å²) in [6.45, 7) is 3.27. The Morgan fingerprint density at radius 2 is 2.00 bits per heavy atom. The van der Waals surface area contributed by atoms with Gasteiger partial charge in [0.25, 0.3) is 6.04 Å². The van der Waals surface area contributed by atoms with Gasteiger partial charge in [-0.25, -0.2) is 0 Å². The van der Waals surface area contributed by atoms with Crippen LogP contribution in [0, 0.1) is 10.1 Å². The van der Waals surface area contributed by atoms with Crippen LogP contribution in [-0.2, 0) is 4.79 Å². The van der Waals surface area contributed by atoms with Gasteiger partial charge in [0.15, 0.2) is 0 Å². The number of carbonyl (C=O) groups excluding carboxylic acids is 1. The Kier molecular flexibility index (Phi) is 9.53. The molecule has 4 nitrogen and oxygen atoms in total. The van der Waals surface area contributed by atoms with E-state index in [-0.39, 0.29) is 63.6 Å². The van der Waals surface area contributed by atoms with E-state index in [2.05, 4.69) is 0 Å². The standard InChI is InChI=1S/C6H11NO3.K/c1-3-5(7(9)10)6(8)4-2;/h5H,3-4H2,1-2H3;/q;+1. The second-order valence-electron chi connectivity index (χ2n) is 2.03. The fraction of sp³-hybridized carbons (Fsp3) is 0.833. The first-order valence-electron chi connectivity index (χ1n) is 3.29. The van der Waals surface area contributed by atoms with Crippen molar-refractivity contribution in [3.63, 3.8) is 0 Å². The molecule has 0 N–H and O–H groups in total. The zero-order chi connectivity index (χ0) is 8.15. The van der Waals surface area contributed by atoms with Crippen LogP contribution in [0.4, 0.5) is 0 Å². The maximum Gasteiger partial charge on any atom is 1.00 e. The molecule has 0 bridgehead atoms. The van der Waals surface area contributed by atoms with Crippen molar-refractivity contribution in [2.75, 3.05) is 0 Å². The minimum Gasteiger partial charge on any atom is -0.292 e. The summed E-state index contributed by atoms with van der Waals surface area (Å²) in [6.07, 6.45) is 0.541. The number of nitro groups is 1. The quantitative estimate of drug-likeness (QED) is 0.289. The number of carbonyl (C=O) groups is 1. The molecule has 0 aliphatic heterocycles. The topological polar surface area (TPSA) is 60.2 Å². The van der Waals surface area contributed by atoms with Crippen molar-refractivity contribution < 1.29 is 61.1 Å². The Bertz CT molecular complexity index is 149. The zero-order valence-electron chi connectivity index (χ0n) is 7.16. The normalized spacial score (nSPS) is 11.5. The van der Waals surface area contributed by atoms with Gasteiger partial charge in [-0.05, 0) is 0 Å². The van der Waals surface area contributed by atoms with Crippen LogP contribution in [-0.4, -0.2) is 16.7 Å². The first kappa shape index (κ1) is 14.2. The summed E-state index contributed by atoms with van der Waals surface area (Å²) in [4.78, 5) is 20.3. The van der Waals surface area contributed by atoms with Crippen LogP contribution in [0.1, 0.15) is 26.7 Å². The molecule has 0 saturated heterocycles. The summed E-state index contributed by atoms with van der Waals surface area (Å²) in [6, 6.07) is -0.981. The molecular weight excluding hydrogens is 173 g/mol. The van der Waals surface area contributed by atoms with Crippen LogP contribution in [0.5, 0.6) is 0 Å². The minimum atomic E-state index is -0.981. The SMILES string of the molecule is CCC(=O)C(CC)[N+](=O)[O-].[K+]. The third kappa shape index (κ3) is 5.03. The Morgan fingerprint density at radius 3 is 2.09 bits per heavy atom. The summed E-state index contributed by atoms with van der Waals surface area (Å²) in [7, 11) is 0. The Labute approximate surface area is 108 Å². The van der Waals surface area contributed by atoms with Gasteiger partial charge in [-0.3, -0.25) is 14.9 Å². The van der Waals surface area contributed by atoms with Gasteiger partial charge in [0.05, 0.1) is 0 Å². The van der Waals surface area contributed by atoms with Gasteiger partial charge in [-0.2, -0.15) is 0 Å². The number of nitrogens with zero attached hydrogens (tertiary/aromatic N) is 1. The first-order valence-corrected chi connectivity index (χ1v) is 3.29. The van der Waals surface area contributed by atoms with E-state index in [0.717, 1.165) is 0 Å². The van der Waals surface area contributed by atoms with Gasteiger partial charge in [0.1, 0.15) is 0 Å².